The Hall–Kier alpha value is -2.10. The molecule has 1 saturated carbocycles. The van der Waals surface area contributed by atoms with E-state index in [1.54, 1.807) is 0 Å². The fourth-order valence-corrected chi connectivity index (χ4v) is 3.17. The fourth-order valence-electron chi connectivity index (χ4n) is 3.04. The van der Waals surface area contributed by atoms with Crippen molar-refractivity contribution in [3.05, 3.63) is 21.6 Å². The van der Waals surface area contributed by atoms with Gasteiger partial charge in [-0.15, -0.1) is 0 Å². The number of carbonyl (C=O) groups excluding carboxylic acids is 1. The number of ether oxygens (including phenoxy) is 1. The molecule has 2 rings (SSSR count). The molecule has 0 aliphatic heterocycles. The molecule has 1 aliphatic carbocycles. The topological polar surface area (TPSA) is 98.5 Å². The minimum absolute atomic E-state index is 0.200. The molecule has 144 valence electrons. The molecular formula is C15H19ClF2N4O4. The molecule has 2 atom stereocenters. The first-order valence-corrected chi connectivity index (χ1v) is 8.52. The largest absolute Gasteiger partial charge is 0.462 e. The molecule has 0 N–H and O–H groups in total. The number of rotatable bonds is 7. The molecule has 8 nitrogen and oxygen atoms in total. The van der Waals surface area contributed by atoms with Crippen molar-refractivity contribution >= 4 is 29.1 Å². The number of aromatic nitrogens is 2. The second-order valence-electron chi connectivity index (χ2n) is 6.23. The summed E-state index contributed by atoms with van der Waals surface area (Å²) < 4.78 is 33.1. The number of nitro groups is 1. The van der Waals surface area contributed by atoms with Crippen molar-refractivity contribution in [1.29, 1.82) is 0 Å². The third-order valence-corrected chi connectivity index (χ3v) is 4.42. The zero-order chi connectivity index (χ0) is 19.5. The van der Waals surface area contributed by atoms with E-state index in [9.17, 15) is 23.7 Å². The molecule has 0 spiro atoms. The Bertz CT molecular complexity index is 692. The number of esters is 1. The highest BCUT2D eigenvalue weighted by Crippen LogP contribution is 2.37. The average Bonchev–Trinajstić information content (AvgIpc) is 2.98. The molecule has 1 aliphatic rings. The summed E-state index contributed by atoms with van der Waals surface area (Å²) in [6, 6.07) is -0.435. The Morgan fingerprint density at radius 3 is 2.77 bits per heavy atom. The molecule has 0 amide bonds. The first-order chi connectivity index (χ1) is 12.2. The average molecular weight is 393 g/mol. The van der Waals surface area contributed by atoms with Gasteiger partial charge in [-0.2, -0.15) is 13.8 Å². The van der Waals surface area contributed by atoms with Crippen molar-refractivity contribution in [2.45, 2.75) is 45.1 Å². The van der Waals surface area contributed by atoms with Gasteiger partial charge < -0.3 is 9.64 Å². The summed E-state index contributed by atoms with van der Waals surface area (Å²) in [6.07, 6.45) is 2.73. The Kier molecular flexibility index (Phi) is 6.27. The SMILES string of the molecule is CCOC(=O)C(F)(F)CN(c1nc(Cl)ncc1[N+](=O)[O-])C1CC[C@@H](C)C1. The summed E-state index contributed by atoms with van der Waals surface area (Å²) in [6.45, 7) is 2.09. The van der Waals surface area contributed by atoms with Crippen LogP contribution in [0.25, 0.3) is 0 Å². The molecular weight excluding hydrogens is 374 g/mol. The first-order valence-electron chi connectivity index (χ1n) is 8.14. The van der Waals surface area contributed by atoms with Crippen LogP contribution in [0.4, 0.5) is 20.3 Å². The Balaban J connectivity index is 2.44. The van der Waals surface area contributed by atoms with Gasteiger partial charge in [-0.05, 0) is 43.7 Å². The second-order valence-corrected chi connectivity index (χ2v) is 6.57. The zero-order valence-corrected chi connectivity index (χ0v) is 15.1. The molecule has 26 heavy (non-hydrogen) atoms. The van der Waals surface area contributed by atoms with Crippen molar-refractivity contribution in [3.63, 3.8) is 0 Å². The number of anilines is 1. The van der Waals surface area contributed by atoms with E-state index < -0.39 is 35.1 Å². The second kappa shape index (κ2) is 8.07. The molecule has 1 aromatic rings. The monoisotopic (exact) mass is 392 g/mol. The number of hydrogen-bond acceptors (Lipinski definition) is 7. The predicted molar refractivity (Wildman–Crippen MR) is 89.4 cm³/mol. The van der Waals surface area contributed by atoms with Crippen molar-refractivity contribution in [2.24, 2.45) is 5.92 Å². The van der Waals surface area contributed by atoms with Crippen LogP contribution >= 0.6 is 11.6 Å². The van der Waals surface area contributed by atoms with E-state index in [2.05, 4.69) is 14.7 Å². The molecule has 0 bridgehead atoms. The standard InChI is InChI=1S/C15H19ClF2N4O4/c1-3-26-13(23)15(17,18)8-21(10-5-4-9(2)6-10)12-11(22(24)25)7-19-14(16)20-12/h7,9-10H,3-6,8H2,1-2H3/t9-,10?/m1/s1. The van der Waals surface area contributed by atoms with Crippen molar-refractivity contribution < 1.29 is 23.2 Å². The molecule has 0 radical (unpaired) electrons. The predicted octanol–water partition coefficient (Wildman–Crippen LogP) is 3.23. The van der Waals surface area contributed by atoms with E-state index in [0.717, 1.165) is 17.5 Å². The Labute approximate surface area is 153 Å². The summed E-state index contributed by atoms with van der Waals surface area (Å²) in [7, 11) is 0. The van der Waals surface area contributed by atoms with Gasteiger partial charge in [0.2, 0.25) is 11.1 Å². The van der Waals surface area contributed by atoms with Gasteiger partial charge in [-0.1, -0.05) is 6.92 Å². The van der Waals surface area contributed by atoms with Crippen LogP contribution in [-0.4, -0.2) is 46.0 Å². The van der Waals surface area contributed by atoms with Crippen LogP contribution in [0.3, 0.4) is 0 Å². The molecule has 1 unspecified atom stereocenters. The van der Waals surface area contributed by atoms with E-state index in [1.165, 1.54) is 6.92 Å². The molecule has 1 fully saturated rings. The number of hydrogen-bond donors (Lipinski definition) is 0. The third kappa shape index (κ3) is 4.54. The summed E-state index contributed by atoms with van der Waals surface area (Å²) in [5.41, 5.74) is -0.548. The van der Waals surface area contributed by atoms with E-state index in [4.69, 9.17) is 11.6 Å². The van der Waals surface area contributed by atoms with Crippen LogP contribution in [-0.2, 0) is 9.53 Å². The van der Waals surface area contributed by atoms with Gasteiger partial charge in [0.1, 0.15) is 6.20 Å². The van der Waals surface area contributed by atoms with Crippen LogP contribution in [0, 0.1) is 16.0 Å². The lowest BCUT2D eigenvalue weighted by atomic mass is 10.1. The molecule has 11 heteroatoms. The Morgan fingerprint density at radius 2 is 2.23 bits per heavy atom. The minimum Gasteiger partial charge on any atom is -0.462 e. The number of halogens is 3. The maximum atomic E-state index is 14.4. The van der Waals surface area contributed by atoms with Crippen LogP contribution in [0.1, 0.15) is 33.1 Å². The van der Waals surface area contributed by atoms with Crippen LogP contribution in [0.2, 0.25) is 5.28 Å². The van der Waals surface area contributed by atoms with Crippen molar-refractivity contribution in [3.8, 4) is 0 Å². The van der Waals surface area contributed by atoms with E-state index >= 15 is 0 Å². The lowest BCUT2D eigenvalue weighted by Crippen LogP contribution is -2.47. The lowest BCUT2D eigenvalue weighted by molar-refractivity contribution is -0.384. The summed E-state index contributed by atoms with van der Waals surface area (Å²) >= 11 is 5.73. The third-order valence-electron chi connectivity index (χ3n) is 4.24. The maximum Gasteiger partial charge on any atom is 0.378 e. The Morgan fingerprint density at radius 1 is 1.54 bits per heavy atom. The van der Waals surface area contributed by atoms with Crippen LogP contribution in [0.5, 0.6) is 0 Å². The van der Waals surface area contributed by atoms with Gasteiger partial charge in [0.25, 0.3) is 0 Å². The number of alkyl halides is 2. The quantitative estimate of drug-likeness (QED) is 0.304. The van der Waals surface area contributed by atoms with Gasteiger partial charge in [0.15, 0.2) is 0 Å². The highest BCUT2D eigenvalue weighted by molar-refractivity contribution is 6.28. The van der Waals surface area contributed by atoms with Crippen LogP contribution < -0.4 is 4.90 Å². The number of carbonyl (C=O) groups is 1. The van der Waals surface area contributed by atoms with Gasteiger partial charge in [-0.3, -0.25) is 10.1 Å². The highest BCUT2D eigenvalue weighted by atomic mass is 35.5. The van der Waals surface area contributed by atoms with Crippen molar-refractivity contribution in [1.82, 2.24) is 9.97 Å². The van der Waals surface area contributed by atoms with E-state index in [0.29, 0.717) is 12.8 Å². The van der Waals surface area contributed by atoms with Gasteiger partial charge in [0, 0.05) is 6.04 Å². The minimum atomic E-state index is -3.85. The van der Waals surface area contributed by atoms with Crippen LogP contribution in [0.15, 0.2) is 6.20 Å². The van der Waals surface area contributed by atoms with E-state index in [1.807, 2.05) is 6.92 Å². The molecule has 0 aromatic carbocycles. The summed E-state index contributed by atoms with van der Waals surface area (Å²) in [5, 5.41) is 11.0. The molecule has 0 saturated heterocycles. The lowest BCUT2D eigenvalue weighted by Gasteiger charge is -2.32. The normalized spacial score (nSPS) is 20.0. The summed E-state index contributed by atoms with van der Waals surface area (Å²) in [4.78, 5) is 30.6. The molecule has 1 aromatic heterocycles. The molecule has 1 heterocycles. The highest BCUT2D eigenvalue weighted by Gasteiger charge is 2.46. The van der Waals surface area contributed by atoms with Gasteiger partial charge >= 0.3 is 17.6 Å². The summed E-state index contributed by atoms with van der Waals surface area (Å²) in [5.74, 6) is -5.60. The van der Waals surface area contributed by atoms with Gasteiger partial charge in [-0.25, -0.2) is 9.78 Å². The smallest absolute Gasteiger partial charge is 0.378 e. The first kappa shape index (κ1) is 20.2. The zero-order valence-electron chi connectivity index (χ0n) is 14.3. The van der Waals surface area contributed by atoms with E-state index in [-0.39, 0.29) is 23.6 Å². The van der Waals surface area contributed by atoms with Gasteiger partial charge in [0.05, 0.1) is 18.1 Å². The maximum absolute atomic E-state index is 14.4. The fraction of sp³-hybridized carbons (Fsp3) is 0.667. The number of nitrogens with zero attached hydrogens (tertiary/aromatic N) is 4. The van der Waals surface area contributed by atoms with Crippen molar-refractivity contribution in [2.75, 3.05) is 18.1 Å².